The summed E-state index contributed by atoms with van der Waals surface area (Å²) in [5.74, 6) is 1.31. The summed E-state index contributed by atoms with van der Waals surface area (Å²) < 4.78 is 10.4. The van der Waals surface area contributed by atoms with Crippen LogP contribution in [0.4, 0.5) is 17.2 Å². The van der Waals surface area contributed by atoms with E-state index in [0.29, 0.717) is 28.0 Å². The van der Waals surface area contributed by atoms with Crippen molar-refractivity contribution in [3.63, 3.8) is 0 Å². The summed E-state index contributed by atoms with van der Waals surface area (Å²) in [5.41, 5.74) is 2.55. The highest BCUT2D eigenvalue weighted by molar-refractivity contribution is 6.32. The molecule has 0 aliphatic rings. The highest BCUT2D eigenvalue weighted by atomic mass is 35.5. The van der Waals surface area contributed by atoms with Gasteiger partial charge in [-0.05, 0) is 42.8 Å². The van der Waals surface area contributed by atoms with Gasteiger partial charge in [-0.1, -0.05) is 17.7 Å². The van der Waals surface area contributed by atoms with Gasteiger partial charge in [-0.3, -0.25) is 4.79 Å². The zero-order chi connectivity index (χ0) is 20.1. The Balaban J connectivity index is 1.71. The smallest absolute Gasteiger partial charge is 0.275 e. The van der Waals surface area contributed by atoms with Crippen molar-refractivity contribution in [2.24, 2.45) is 0 Å². The highest BCUT2D eigenvalue weighted by Crippen LogP contribution is 2.28. The number of nitrogens with zero attached hydrogens (tertiary/aromatic N) is 2. The van der Waals surface area contributed by atoms with Gasteiger partial charge < -0.3 is 20.1 Å². The van der Waals surface area contributed by atoms with Crippen molar-refractivity contribution in [1.29, 1.82) is 0 Å². The second-order valence-corrected chi connectivity index (χ2v) is 6.33. The summed E-state index contributed by atoms with van der Waals surface area (Å²) in [7, 11) is 3.12. The number of methoxy groups -OCH3 is 2. The second kappa shape index (κ2) is 8.58. The summed E-state index contributed by atoms with van der Waals surface area (Å²) in [6, 6.07) is 10.7. The van der Waals surface area contributed by atoms with Gasteiger partial charge in [-0.15, -0.1) is 0 Å². The summed E-state index contributed by atoms with van der Waals surface area (Å²) in [4.78, 5) is 20.8. The van der Waals surface area contributed by atoms with E-state index in [2.05, 4.69) is 20.6 Å². The molecule has 1 aromatic heterocycles. The van der Waals surface area contributed by atoms with Crippen molar-refractivity contribution in [1.82, 2.24) is 9.97 Å². The molecule has 0 unspecified atom stereocenters. The fourth-order valence-electron chi connectivity index (χ4n) is 2.51. The fourth-order valence-corrected chi connectivity index (χ4v) is 2.76. The first kappa shape index (κ1) is 19.4. The van der Waals surface area contributed by atoms with Crippen LogP contribution in [0, 0.1) is 6.92 Å². The lowest BCUT2D eigenvalue weighted by Crippen LogP contribution is -2.14. The molecule has 0 atom stereocenters. The molecule has 0 aliphatic carbocycles. The number of benzene rings is 2. The number of halogens is 1. The van der Waals surface area contributed by atoms with Gasteiger partial charge in [0.05, 0.1) is 37.3 Å². The van der Waals surface area contributed by atoms with Gasteiger partial charge in [0.2, 0.25) is 0 Å². The Morgan fingerprint density at radius 1 is 1.00 bits per heavy atom. The van der Waals surface area contributed by atoms with E-state index in [-0.39, 0.29) is 5.69 Å². The maximum Gasteiger partial charge on any atom is 0.275 e. The Hall–Kier alpha value is -3.32. The number of nitrogens with one attached hydrogen (secondary N) is 2. The summed E-state index contributed by atoms with van der Waals surface area (Å²) in [6.07, 6.45) is 2.88. The standard InChI is InChI=1S/C20H19ClN4O3/c1-12-4-6-18(28-3)15(8-12)25-19-11-22-16(10-23-19)20(26)24-13-5-7-17(27-2)14(21)9-13/h4-11H,1-3H3,(H,23,25)(H,24,26). The molecule has 28 heavy (non-hydrogen) atoms. The Labute approximate surface area is 167 Å². The Morgan fingerprint density at radius 3 is 2.39 bits per heavy atom. The van der Waals surface area contributed by atoms with E-state index in [0.717, 1.165) is 11.3 Å². The molecule has 0 aliphatic heterocycles. The highest BCUT2D eigenvalue weighted by Gasteiger charge is 2.11. The van der Waals surface area contributed by atoms with E-state index in [1.165, 1.54) is 19.5 Å². The number of hydrogen-bond donors (Lipinski definition) is 2. The number of carbonyl (C=O) groups excluding carboxylic acids is 1. The van der Waals surface area contributed by atoms with E-state index in [1.807, 2.05) is 25.1 Å². The van der Waals surface area contributed by atoms with Gasteiger partial charge in [0, 0.05) is 5.69 Å². The second-order valence-electron chi connectivity index (χ2n) is 5.92. The molecule has 0 spiro atoms. The SMILES string of the molecule is COc1ccc(NC(=O)c2cnc(Nc3cc(C)ccc3OC)cn2)cc1Cl. The van der Waals surface area contributed by atoms with E-state index in [9.17, 15) is 4.79 Å². The zero-order valence-corrected chi connectivity index (χ0v) is 16.4. The van der Waals surface area contributed by atoms with Gasteiger partial charge in [0.25, 0.3) is 5.91 Å². The minimum absolute atomic E-state index is 0.175. The minimum Gasteiger partial charge on any atom is -0.495 e. The van der Waals surface area contributed by atoms with Gasteiger partial charge in [-0.25, -0.2) is 9.97 Å². The molecule has 0 radical (unpaired) electrons. The molecule has 0 fully saturated rings. The van der Waals surface area contributed by atoms with E-state index in [4.69, 9.17) is 21.1 Å². The third-order valence-electron chi connectivity index (χ3n) is 3.91. The largest absolute Gasteiger partial charge is 0.495 e. The Kier molecular flexibility index (Phi) is 5.96. The molecule has 3 rings (SSSR count). The number of ether oxygens (including phenoxy) is 2. The van der Waals surface area contributed by atoms with Crippen molar-refractivity contribution in [3.05, 3.63) is 65.1 Å². The van der Waals surface area contributed by atoms with Crippen LogP contribution in [-0.4, -0.2) is 30.1 Å². The van der Waals surface area contributed by atoms with E-state index >= 15 is 0 Å². The molecule has 0 bridgehead atoms. The lowest BCUT2D eigenvalue weighted by Gasteiger charge is -2.11. The van der Waals surface area contributed by atoms with Crippen LogP contribution in [-0.2, 0) is 0 Å². The zero-order valence-electron chi connectivity index (χ0n) is 15.6. The maximum absolute atomic E-state index is 12.4. The van der Waals surface area contributed by atoms with Crippen molar-refractivity contribution in [3.8, 4) is 11.5 Å². The third kappa shape index (κ3) is 4.50. The van der Waals surface area contributed by atoms with Crippen LogP contribution in [0.3, 0.4) is 0 Å². The van der Waals surface area contributed by atoms with Crippen LogP contribution in [0.2, 0.25) is 5.02 Å². The molecular formula is C20H19ClN4O3. The maximum atomic E-state index is 12.4. The molecular weight excluding hydrogens is 380 g/mol. The van der Waals surface area contributed by atoms with Crippen molar-refractivity contribution in [2.45, 2.75) is 6.92 Å². The lowest BCUT2D eigenvalue weighted by atomic mass is 10.2. The average Bonchev–Trinajstić information content (AvgIpc) is 2.69. The molecule has 7 nitrogen and oxygen atoms in total. The first-order valence-electron chi connectivity index (χ1n) is 8.38. The number of hydrogen-bond acceptors (Lipinski definition) is 6. The number of aromatic nitrogens is 2. The molecule has 0 saturated heterocycles. The first-order chi connectivity index (χ1) is 13.5. The molecule has 2 aromatic carbocycles. The molecule has 1 heterocycles. The number of amides is 1. The van der Waals surface area contributed by atoms with Crippen LogP contribution >= 0.6 is 11.6 Å². The molecule has 2 N–H and O–H groups in total. The summed E-state index contributed by atoms with van der Waals surface area (Å²) >= 11 is 6.07. The number of anilines is 3. The van der Waals surface area contributed by atoms with E-state index < -0.39 is 5.91 Å². The van der Waals surface area contributed by atoms with Crippen LogP contribution in [0.25, 0.3) is 0 Å². The molecule has 0 saturated carbocycles. The third-order valence-corrected chi connectivity index (χ3v) is 4.21. The van der Waals surface area contributed by atoms with E-state index in [1.54, 1.807) is 25.3 Å². The van der Waals surface area contributed by atoms with Crippen molar-refractivity contribution in [2.75, 3.05) is 24.9 Å². The monoisotopic (exact) mass is 398 g/mol. The molecule has 3 aromatic rings. The molecule has 144 valence electrons. The predicted molar refractivity (Wildman–Crippen MR) is 109 cm³/mol. The topological polar surface area (TPSA) is 85.4 Å². The normalized spacial score (nSPS) is 10.3. The minimum atomic E-state index is -0.395. The molecule has 1 amide bonds. The lowest BCUT2D eigenvalue weighted by molar-refractivity contribution is 0.102. The van der Waals surface area contributed by atoms with Crippen molar-refractivity contribution >= 4 is 34.7 Å². The summed E-state index contributed by atoms with van der Waals surface area (Å²) in [5, 5.41) is 6.26. The fraction of sp³-hybridized carbons (Fsp3) is 0.150. The predicted octanol–water partition coefficient (Wildman–Crippen LogP) is 4.45. The Morgan fingerprint density at radius 2 is 1.75 bits per heavy atom. The van der Waals surface area contributed by atoms with Gasteiger partial charge in [-0.2, -0.15) is 0 Å². The van der Waals surface area contributed by atoms with Gasteiger partial charge in [0.15, 0.2) is 0 Å². The van der Waals surface area contributed by atoms with Crippen LogP contribution in [0.5, 0.6) is 11.5 Å². The molecule has 8 heteroatoms. The summed E-state index contributed by atoms with van der Waals surface area (Å²) in [6.45, 7) is 1.98. The van der Waals surface area contributed by atoms with Crippen LogP contribution < -0.4 is 20.1 Å². The van der Waals surface area contributed by atoms with Crippen LogP contribution in [0.15, 0.2) is 48.8 Å². The van der Waals surface area contributed by atoms with Gasteiger partial charge >= 0.3 is 0 Å². The quantitative estimate of drug-likeness (QED) is 0.638. The number of rotatable bonds is 6. The van der Waals surface area contributed by atoms with Gasteiger partial charge in [0.1, 0.15) is 23.0 Å². The van der Waals surface area contributed by atoms with Crippen molar-refractivity contribution < 1.29 is 14.3 Å². The average molecular weight is 399 g/mol. The Bertz CT molecular complexity index is 993. The first-order valence-corrected chi connectivity index (χ1v) is 8.76. The number of aryl methyl sites for hydroxylation is 1. The van der Waals surface area contributed by atoms with Crippen LogP contribution in [0.1, 0.15) is 16.1 Å². The number of carbonyl (C=O) groups is 1.